The molecule has 2 N–H and O–H groups in total. The Morgan fingerprint density at radius 2 is 1.94 bits per heavy atom. The highest BCUT2D eigenvalue weighted by atomic mass is 16.2. The third-order valence-electron chi connectivity index (χ3n) is 1.85. The van der Waals surface area contributed by atoms with Crippen molar-refractivity contribution < 1.29 is 9.59 Å². The molecule has 86 valence electrons. The lowest BCUT2D eigenvalue weighted by Gasteiger charge is -2.13. The van der Waals surface area contributed by atoms with Crippen molar-refractivity contribution in [1.29, 1.82) is 0 Å². The van der Waals surface area contributed by atoms with Gasteiger partial charge in [-0.15, -0.1) is 0 Å². The largest absolute Gasteiger partial charge is 0.333 e. The van der Waals surface area contributed by atoms with Crippen LogP contribution in [0.15, 0.2) is 24.3 Å². The number of anilines is 1. The summed E-state index contributed by atoms with van der Waals surface area (Å²) in [6.45, 7) is 1.49. The fourth-order valence-corrected chi connectivity index (χ4v) is 1.18. The van der Waals surface area contributed by atoms with Gasteiger partial charge in [0.1, 0.15) is 0 Å². The molecule has 0 atom stereocenters. The van der Waals surface area contributed by atoms with Crippen LogP contribution in [-0.2, 0) is 0 Å². The zero-order valence-electron chi connectivity index (χ0n) is 9.57. The van der Waals surface area contributed by atoms with E-state index in [0.29, 0.717) is 11.3 Å². The van der Waals surface area contributed by atoms with Gasteiger partial charge in [-0.25, -0.2) is 9.80 Å². The van der Waals surface area contributed by atoms with E-state index in [1.54, 1.807) is 38.4 Å². The van der Waals surface area contributed by atoms with Gasteiger partial charge >= 0.3 is 6.03 Å². The molecule has 0 fully saturated rings. The van der Waals surface area contributed by atoms with Gasteiger partial charge in [-0.3, -0.25) is 10.2 Å². The summed E-state index contributed by atoms with van der Waals surface area (Å²) in [4.78, 5) is 22.5. The number of amides is 2. The van der Waals surface area contributed by atoms with Crippen molar-refractivity contribution in [3.8, 4) is 0 Å². The number of nitrogens with one attached hydrogen (secondary N) is 2. The molecule has 0 aliphatic heterocycles. The van der Waals surface area contributed by atoms with Gasteiger partial charge in [0.2, 0.25) is 0 Å². The first-order valence-electron chi connectivity index (χ1n) is 4.85. The second kappa shape index (κ2) is 5.27. The van der Waals surface area contributed by atoms with Crippen molar-refractivity contribution >= 4 is 17.5 Å². The molecule has 2 amide bonds. The van der Waals surface area contributed by atoms with E-state index in [-0.39, 0.29) is 11.8 Å². The van der Waals surface area contributed by atoms with Crippen LogP contribution in [-0.4, -0.2) is 30.9 Å². The van der Waals surface area contributed by atoms with Crippen molar-refractivity contribution in [3.63, 3.8) is 0 Å². The second-order valence-electron chi connectivity index (χ2n) is 3.60. The molecule has 16 heavy (non-hydrogen) atoms. The molecule has 5 nitrogen and oxygen atoms in total. The van der Waals surface area contributed by atoms with Crippen LogP contribution >= 0.6 is 0 Å². The quantitative estimate of drug-likeness (QED) is 0.600. The summed E-state index contributed by atoms with van der Waals surface area (Å²) in [5.41, 5.74) is 3.70. The Hall–Kier alpha value is -1.88. The highest BCUT2D eigenvalue weighted by molar-refractivity contribution is 5.96. The number of hydrogen-bond acceptors (Lipinski definition) is 3. The normalized spacial score (nSPS) is 10.0. The molecule has 0 aliphatic rings. The Kier molecular flexibility index (Phi) is 4.02. The molecule has 0 unspecified atom stereocenters. The summed E-state index contributed by atoms with van der Waals surface area (Å²) in [7, 11) is 3.43. The minimum Gasteiger partial charge on any atom is -0.307 e. The van der Waals surface area contributed by atoms with Gasteiger partial charge in [0.05, 0.1) is 0 Å². The van der Waals surface area contributed by atoms with E-state index in [9.17, 15) is 9.59 Å². The topological polar surface area (TPSA) is 61.4 Å². The SMILES string of the molecule is CC(=O)c1cccc(NC(=O)NN(C)C)c1. The lowest BCUT2D eigenvalue weighted by Crippen LogP contribution is -2.39. The molecule has 1 aromatic carbocycles. The van der Waals surface area contributed by atoms with Gasteiger partial charge in [0.25, 0.3) is 0 Å². The number of Topliss-reactive ketones (excluding diaryl/α,β-unsaturated/α-hetero) is 1. The van der Waals surface area contributed by atoms with Crippen LogP contribution in [0.2, 0.25) is 0 Å². The number of carbonyl (C=O) groups is 2. The smallest absolute Gasteiger partial charge is 0.307 e. The molecule has 0 spiro atoms. The van der Waals surface area contributed by atoms with E-state index in [2.05, 4.69) is 10.7 Å². The van der Waals surface area contributed by atoms with Gasteiger partial charge in [0.15, 0.2) is 5.78 Å². The summed E-state index contributed by atoms with van der Waals surface area (Å²) in [6, 6.07) is 6.45. The van der Waals surface area contributed by atoms with Crippen LogP contribution in [0.5, 0.6) is 0 Å². The summed E-state index contributed by atoms with van der Waals surface area (Å²) in [6.07, 6.45) is 0. The molecule has 0 saturated heterocycles. The first kappa shape index (κ1) is 12.2. The first-order chi connectivity index (χ1) is 7.49. The highest BCUT2D eigenvalue weighted by Crippen LogP contribution is 2.10. The van der Waals surface area contributed by atoms with Crippen LogP contribution in [0.1, 0.15) is 17.3 Å². The summed E-state index contributed by atoms with van der Waals surface area (Å²) >= 11 is 0. The molecule has 0 aliphatic carbocycles. The molecule has 0 heterocycles. The number of hydrazine groups is 1. The summed E-state index contributed by atoms with van der Waals surface area (Å²) in [5.74, 6) is -0.0309. The molecule has 1 aromatic rings. The van der Waals surface area contributed by atoms with Crippen molar-refractivity contribution in [3.05, 3.63) is 29.8 Å². The third-order valence-corrected chi connectivity index (χ3v) is 1.85. The van der Waals surface area contributed by atoms with E-state index in [0.717, 1.165) is 0 Å². The number of ketones is 1. The molecule has 1 rings (SSSR count). The number of rotatable bonds is 3. The predicted molar refractivity (Wildman–Crippen MR) is 62.3 cm³/mol. The zero-order chi connectivity index (χ0) is 12.1. The van der Waals surface area contributed by atoms with E-state index < -0.39 is 0 Å². The minimum atomic E-state index is -0.342. The number of benzene rings is 1. The van der Waals surface area contributed by atoms with Crippen molar-refractivity contribution in [2.45, 2.75) is 6.92 Å². The maximum absolute atomic E-state index is 11.4. The van der Waals surface area contributed by atoms with Gasteiger partial charge < -0.3 is 5.32 Å². The maximum atomic E-state index is 11.4. The van der Waals surface area contributed by atoms with Crippen molar-refractivity contribution in [2.24, 2.45) is 0 Å². The second-order valence-corrected chi connectivity index (χ2v) is 3.60. The Morgan fingerprint density at radius 3 is 2.50 bits per heavy atom. The number of hydrogen-bond donors (Lipinski definition) is 2. The number of carbonyl (C=O) groups excluding carboxylic acids is 2. The van der Waals surface area contributed by atoms with Gasteiger partial charge in [-0.1, -0.05) is 12.1 Å². The molecule has 0 bridgehead atoms. The standard InChI is InChI=1S/C11H15N3O2/c1-8(15)9-5-4-6-10(7-9)12-11(16)13-14(2)3/h4-7H,1-3H3,(H2,12,13,16). The molecule has 0 aromatic heterocycles. The van der Waals surface area contributed by atoms with E-state index in [1.165, 1.54) is 11.9 Å². The Balaban J connectivity index is 2.70. The van der Waals surface area contributed by atoms with E-state index in [1.807, 2.05) is 0 Å². The lowest BCUT2D eigenvalue weighted by atomic mass is 10.1. The molecular formula is C11H15N3O2. The van der Waals surface area contributed by atoms with Crippen LogP contribution in [0, 0.1) is 0 Å². The molecule has 0 saturated carbocycles. The van der Waals surface area contributed by atoms with E-state index in [4.69, 9.17) is 0 Å². The van der Waals surface area contributed by atoms with Crippen LogP contribution in [0.4, 0.5) is 10.5 Å². The van der Waals surface area contributed by atoms with E-state index >= 15 is 0 Å². The van der Waals surface area contributed by atoms with Crippen molar-refractivity contribution in [2.75, 3.05) is 19.4 Å². The van der Waals surface area contributed by atoms with Crippen LogP contribution in [0.3, 0.4) is 0 Å². The lowest BCUT2D eigenvalue weighted by molar-refractivity contribution is 0.101. The Morgan fingerprint density at radius 1 is 1.25 bits per heavy atom. The Labute approximate surface area is 94.4 Å². The van der Waals surface area contributed by atoms with Crippen molar-refractivity contribution in [1.82, 2.24) is 10.4 Å². The minimum absolute atomic E-state index is 0.0309. The first-order valence-corrected chi connectivity index (χ1v) is 4.85. The highest BCUT2D eigenvalue weighted by Gasteiger charge is 2.04. The Bertz CT molecular complexity index is 402. The molecule has 0 radical (unpaired) electrons. The van der Waals surface area contributed by atoms with Crippen LogP contribution < -0.4 is 10.7 Å². The average Bonchev–Trinajstić information content (AvgIpc) is 2.16. The van der Waals surface area contributed by atoms with Crippen LogP contribution in [0.25, 0.3) is 0 Å². The fourth-order valence-electron chi connectivity index (χ4n) is 1.18. The summed E-state index contributed by atoms with van der Waals surface area (Å²) < 4.78 is 0. The van der Waals surface area contributed by atoms with Gasteiger partial charge in [-0.05, 0) is 19.1 Å². The van der Waals surface area contributed by atoms with Gasteiger partial charge in [-0.2, -0.15) is 0 Å². The average molecular weight is 221 g/mol. The number of nitrogens with zero attached hydrogens (tertiary/aromatic N) is 1. The molecular weight excluding hydrogens is 206 g/mol. The third kappa shape index (κ3) is 3.70. The zero-order valence-corrected chi connectivity index (χ0v) is 9.57. The number of urea groups is 1. The maximum Gasteiger partial charge on any atom is 0.333 e. The predicted octanol–water partition coefficient (Wildman–Crippen LogP) is 1.49. The fraction of sp³-hybridized carbons (Fsp3) is 0.273. The molecule has 5 heteroatoms. The monoisotopic (exact) mass is 221 g/mol. The van der Waals surface area contributed by atoms with Gasteiger partial charge in [0, 0.05) is 25.3 Å². The summed E-state index contributed by atoms with van der Waals surface area (Å²) in [5, 5.41) is 4.16.